The van der Waals surface area contributed by atoms with E-state index < -0.39 is 41.2 Å². The average Bonchev–Trinajstić information content (AvgIpc) is 2.59. The molecular weight excluding hydrogens is 386 g/mol. The number of esters is 1. The Morgan fingerprint density at radius 1 is 1.14 bits per heavy atom. The van der Waals surface area contributed by atoms with E-state index in [4.69, 9.17) is 16.3 Å². The van der Waals surface area contributed by atoms with Gasteiger partial charge in [-0.05, 0) is 39.3 Å². The SMILES string of the molecule is CCN1C(C)=C(C(=O)OC(C)C)[C@@H](c2ccccc2Cl)C(C(=O)O)=C1C(=O)O. The smallest absolute Gasteiger partial charge is 0.353 e. The molecule has 1 aromatic carbocycles. The number of carbonyl (C=O) groups excluding carboxylic acids is 1. The summed E-state index contributed by atoms with van der Waals surface area (Å²) < 4.78 is 5.34. The van der Waals surface area contributed by atoms with Crippen molar-refractivity contribution in [2.24, 2.45) is 0 Å². The lowest BCUT2D eigenvalue weighted by Crippen LogP contribution is -2.38. The molecule has 7 nitrogen and oxygen atoms in total. The van der Waals surface area contributed by atoms with E-state index in [0.717, 1.165) is 0 Å². The summed E-state index contributed by atoms with van der Waals surface area (Å²) in [4.78, 5) is 38.3. The molecule has 1 aliphatic heterocycles. The summed E-state index contributed by atoms with van der Waals surface area (Å²) in [5.74, 6) is -4.72. The highest BCUT2D eigenvalue weighted by atomic mass is 35.5. The van der Waals surface area contributed by atoms with Gasteiger partial charge in [-0.1, -0.05) is 29.8 Å². The van der Waals surface area contributed by atoms with Crippen LogP contribution in [-0.4, -0.2) is 45.7 Å². The summed E-state index contributed by atoms with van der Waals surface area (Å²) in [5.41, 5.74) is -0.111. The van der Waals surface area contributed by atoms with Crippen molar-refractivity contribution in [1.82, 2.24) is 4.90 Å². The molecule has 1 aliphatic rings. The van der Waals surface area contributed by atoms with Crippen LogP contribution in [0.2, 0.25) is 5.02 Å². The minimum absolute atomic E-state index is 0.0612. The van der Waals surface area contributed by atoms with E-state index >= 15 is 0 Å². The van der Waals surface area contributed by atoms with E-state index in [-0.39, 0.29) is 17.1 Å². The Hall–Kier alpha value is -2.80. The third-order valence-corrected chi connectivity index (χ3v) is 4.77. The molecule has 0 radical (unpaired) electrons. The second-order valence-electron chi connectivity index (χ2n) is 6.52. The van der Waals surface area contributed by atoms with Gasteiger partial charge in [-0.2, -0.15) is 0 Å². The fourth-order valence-corrected chi connectivity index (χ4v) is 3.61. The number of ether oxygens (including phenoxy) is 1. The Labute approximate surface area is 167 Å². The van der Waals surface area contributed by atoms with Gasteiger partial charge in [0, 0.05) is 17.3 Å². The third-order valence-electron chi connectivity index (χ3n) is 4.43. The molecule has 0 spiro atoms. The van der Waals surface area contributed by atoms with Crippen molar-refractivity contribution in [3.63, 3.8) is 0 Å². The van der Waals surface area contributed by atoms with Crippen molar-refractivity contribution < 1.29 is 29.3 Å². The molecule has 0 unspecified atom stereocenters. The van der Waals surface area contributed by atoms with Gasteiger partial charge in [0.15, 0.2) is 0 Å². The molecule has 0 bridgehead atoms. The maximum absolute atomic E-state index is 12.9. The number of rotatable bonds is 6. The number of carboxylic acid groups (broad SMARTS) is 2. The Morgan fingerprint density at radius 2 is 1.75 bits per heavy atom. The first-order valence-electron chi connectivity index (χ1n) is 8.76. The molecular formula is C20H22ClNO6. The fourth-order valence-electron chi connectivity index (χ4n) is 3.36. The number of benzene rings is 1. The van der Waals surface area contributed by atoms with Crippen LogP contribution in [0.15, 0.2) is 46.8 Å². The maximum atomic E-state index is 12.9. The topological polar surface area (TPSA) is 104 Å². The second kappa shape index (κ2) is 8.48. The third kappa shape index (κ3) is 3.89. The zero-order valence-corrected chi connectivity index (χ0v) is 16.8. The molecule has 28 heavy (non-hydrogen) atoms. The minimum Gasteiger partial charge on any atom is -0.478 e. The van der Waals surface area contributed by atoms with Gasteiger partial charge in [-0.25, -0.2) is 14.4 Å². The summed E-state index contributed by atoms with van der Waals surface area (Å²) in [6.45, 7) is 6.77. The van der Waals surface area contributed by atoms with E-state index in [1.165, 1.54) is 4.90 Å². The van der Waals surface area contributed by atoms with Crippen molar-refractivity contribution in [2.75, 3.05) is 6.54 Å². The number of aliphatic carboxylic acids is 2. The number of nitrogens with zero attached hydrogens (tertiary/aromatic N) is 1. The Kier molecular flexibility index (Phi) is 6.51. The molecule has 150 valence electrons. The van der Waals surface area contributed by atoms with Crippen molar-refractivity contribution in [1.29, 1.82) is 0 Å². The quantitative estimate of drug-likeness (QED) is 0.696. The standard InChI is InChI=1S/C20H22ClNO6/c1-5-22-11(4)14(20(27)28-10(2)3)15(12-8-6-7-9-13(12)21)16(18(23)24)17(22)19(25)26/h6-10,15H,5H2,1-4H3,(H,23,24)(H,25,26)/t15-/m1/s1. The maximum Gasteiger partial charge on any atom is 0.353 e. The Morgan fingerprint density at radius 3 is 2.21 bits per heavy atom. The van der Waals surface area contributed by atoms with Crippen LogP contribution in [0.4, 0.5) is 0 Å². The first kappa shape index (κ1) is 21.5. The summed E-state index contributed by atoms with van der Waals surface area (Å²) in [6, 6.07) is 6.45. The van der Waals surface area contributed by atoms with Crippen LogP contribution in [0.5, 0.6) is 0 Å². The number of hydrogen-bond donors (Lipinski definition) is 2. The molecule has 0 amide bonds. The lowest BCUT2D eigenvalue weighted by Gasteiger charge is -2.36. The molecule has 1 heterocycles. The van der Waals surface area contributed by atoms with Gasteiger partial charge >= 0.3 is 17.9 Å². The highest BCUT2D eigenvalue weighted by Gasteiger charge is 2.43. The molecule has 0 saturated heterocycles. The van der Waals surface area contributed by atoms with Gasteiger partial charge in [0.2, 0.25) is 0 Å². The molecule has 8 heteroatoms. The zero-order chi connectivity index (χ0) is 21.2. The average molecular weight is 408 g/mol. The van der Waals surface area contributed by atoms with Crippen LogP contribution in [0.1, 0.15) is 39.2 Å². The number of carboxylic acids is 2. The normalized spacial score (nSPS) is 17.2. The molecule has 2 N–H and O–H groups in total. The molecule has 0 saturated carbocycles. The highest BCUT2D eigenvalue weighted by Crippen LogP contribution is 2.44. The van der Waals surface area contributed by atoms with Crippen LogP contribution < -0.4 is 0 Å². The number of likely N-dealkylation sites (N-methyl/N-ethyl adjacent to an activating group) is 1. The summed E-state index contributed by atoms with van der Waals surface area (Å²) >= 11 is 6.30. The number of carbonyl (C=O) groups is 3. The molecule has 1 atom stereocenters. The van der Waals surface area contributed by atoms with Crippen molar-refractivity contribution in [3.8, 4) is 0 Å². The predicted molar refractivity (Wildman–Crippen MR) is 103 cm³/mol. The Bertz CT molecular complexity index is 886. The van der Waals surface area contributed by atoms with E-state index in [2.05, 4.69) is 0 Å². The molecule has 1 aromatic rings. The number of halogens is 1. The van der Waals surface area contributed by atoms with Crippen LogP contribution in [-0.2, 0) is 19.1 Å². The van der Waals surface area contributed by atoms with Crippen molar-refractivity contribution in [2.45, 2.75) is 39.7 Å². The van der Waals surface area contributed by atoms with Crippen LogP contribution in [0.3, 0.4) is 0 Å². The molecule has 0 fully saturated rings. The number of allylic oxidation sites excluding steroid dienone is 1. The first-order chi connectivity index (χ1) is 13.1. The van der Waals surface area contributed by atoms with Crippen molar-refractivity contribution >= 4 is 29.5 Å². The molecule has 0 aliphatic carbocycles. The number of hydrogen-bond acceptors (Lipinski definition) is 5. The lowest BCUT2D eigenvalue weighted by molar-refractivity contribution is -0.143. The van der Waals surface area contributed by atoms with Gasteiger partial charge < -0.3 is 19.8 Å². The summed E-state index contributed by atoms with van der Waals surface area (Å²) in [5, 5.41) is 19.9. The van der Waals surface area contributed by atoms with E-state index in [9.17, 15) is 24.6 Å². The monoisotopic (exact) mass is 407 g/mol. The first-order valence-corrected chi connectivity index (χ1v) is 9.13. The fraction of sp³-hybridized carbons (Fsp3) is 0.350. The van der Waals surface area contributed by atoms with Crippen LogP contribution >= 0.6 is 11.6 Å². The minimum atomic E-state index is -1.44. The van der Waals surface area contributed by atoms with Crippen molar-refractivity contribution in [3.05, 3.63) is 57.4 Å². The highest BCUT2D eigenvalue weighted by molar-refractivity contribution is 6.31. The van der Waals surface area contributed by atoms with E-state index in [1.807, 2.05) is 0 Å². The lowest BCUT2D eigenvalue weighted by atomic mass is 9.79. The second-order valence-corrected chi connectivity index (χ2v) is 6.93. The predicted octanol–water partition coefficient (Wildman–Crippen LogP) is 3.41. The van der Waals surface area contributed by atoms with Crippen LogP contribution in [0.25, 0.3) is 0 Å². The van der Waals surface area contributed by atoms with Gasteiger partial charge in [-0.3, -0.25) is 0 Å². The van der Waals surface area contributed by atoms with Gasteiger partial charge in [0.1, 0.15) is 5.70 Å². The van der Waals surface area contributed by atoms with Crippen LogP contribution in [0, 0.1) is 0 Å². The zero-order valence-electron chi connectivity index (χ0n) is 16.0. The molecule has 2 rings (SSSR count). The summed E-state index contributed by atoms with van der Waals surface area (Å²) in [6.07, 6.45) is -0.437. The van der Waals surface area contributed by atoms with Gasteiger partial charge in [0.05, 0.1) is 23.2 Å². The van der Waals surface area contributed by atoms with Gasteiger partial charge in [0.25, 0.3) is 0 Å². The largest absolute Gasteiger partial charge is 0.478 e. The molecule has 0 aromatic heterocycles. The van der Waals surface area contributed by atoms with E-state index in [0.29, 0.717) is 11.3 Å². The summed E-state index contributed by atoms with van der Waals surface area (Å²) in [7, 11) is 0. The van der Waals surface area contributed by atoms with Gasteiger partial charge in [-0.15, -0.1) is 0 Å². The van der Waals surface area contributed by atoms with E-state index in [1.54, 1.807) is 52.0 Å². The Balaban J connectivity index is 2.89.